The molecule has 0 amide bonds. The molecular formula is C22H14Cl2F3NO3. The van der Waals surface area contributed by atoms with E-state index in [0.717, 1.165) is 12.1 Å². The summed E-state index contributed by atoms with van der Waals surface area (Å²) in [6.07, 6.45) is -5.44. The van der Waals surface area contributed by atoms with Crippen LogP contribution in [0.25, 0.3) is 10.8 Å². The summed E-state index contributed by atoms with van der Waals surface area (Å²) in [5.41, 5.74) is -2.12. The number of benzene rings is 3. The molecule has 1 N–H and O–H groups in total. The van der Waals surface area contributed by atoms with E-state index in [0.29, 0.717) is 21.9 Å². The molecule has 1 heterocycles. The van der Waals surface area contributed by atoms with E-state index in [1.165, 1.54) is 12.1 Å². The van der Waals surface area contributed by atoms with Gasteiger partial charge in [0.1, 0.15) is 0 Å². The molecule has 0 saturated carbocycles. The maximum Gasteiger partial charge on any atom is 0.435 e. The van der Waals surface area contributed by atoms with Crippen LogP contribution in [0.3, 0.4) is 0 Å². The molecule has 31 heavy (non-hydrogen) atoms. The molecule has 0 aromatic heterocycles. The van der Waals surface area contributed by atoms with Gasteiger partial charge in [0, 0.05) is 27.6 Å². The van der Waals surface area contributed by atoms with E-state index in [1.807, 2.05) is 0 Å². The minimum absolute atomic E-state index is 0.0373. The second-order valence-electron chi connectivity index (χ2n) is 7.26. The van der Waals surface area contributed by atoms with Gasteiger partial charge < -0.3 is 9.94 Å². The Hall–Kier alpha value is -2.77. The molecule has 1 atom stereocenters. The first-order valence-electron chi connectivity index (χ1n) is 9.08. The minimum atomic E-state index is -4.82. The molecule has 9 heteroatoms. The Balaban J connectivity index is 1.88. The van der Waals surface area contributed by atoms with Gasteiger partial charge in [-0.3, -0.25) is 0 Å². The first-order chi connectivity index (χ1) is 14.5. The summed E-state index contributed by atoms with van der Waals surface area (Å²) in [6, 6.07) is 11.7. The molecule has 3 aromatic rings. The standard InChI is InChI=1S/C22H14Cl2F3NO3/c1-11-6-17(15-4-2-3-5-16(15)19(11)20(29)30)18-10-21(31-28-18,22(25,26)27)12-7-13(23)9-14(24)8-12/h2-9H,10H2,1H3,(H,29,30). The van der Waals surface area contributed by atoms with Gasteiger partial charge in [-0.15, -0.1) is 0 Å². The molecule has 0 fully saturated rings. The predicted octanol–water partition coefficient (Wildman–Crippen LogP) is 6.74. The summed E-state index contributed by atoms with van der Waals surface area (Å²) in [6.45, 7) is 1.59. The molecular weight excluding hydrogens is 454 g/mol. The van der Waals surface area contributed by atoms with Crippen LogP contribution in [0.5, 0.6) is 0 Å². The van der Waals surface area contributed by atoms with Crippen LogP contribution in [-0.4, -0.2) is 23.0 Å². The molecule has 0 spiro atoms. The third kappa shape index (κ3) is 3.51. The Bertz CT molecular complexity index is 1240. The molecule has 0 bridgehead atoms. The van der Waals surface area contributed by atoms with Gasteiger partial charge >= 0.3 is 12.1 Å². The highest BCUT2D eigenvalue weighted by molar-refractivity contribution is 6.34. The third-order valence-corrected chi connectivity index (χ3v) is 5.72. The number of aromatic carboxylic acids is 1. The van der Waals surface area contributed by atoms with Crippen molar-refractivity contribution in [3.05, 3.63) is 80.8 Å². The summed E-state index contributed by atoms with van der Waals surface area (Å²) in [7, 11) is 0. The first-order valence-corrected chi connectivity index (χ1v) is 9.83. The molecule has 1 aliphatic rings. The zero-order chi connectivity index (χ0) is 22.6. The number of halogens is 5. The Labute approximate surface area is 184 Å². The molecule has 4 nitrogen and oxygen atoms in total. The number of hydrogen-bond acceptors (Lipinski definition) is 3. The fraction of sp³-hybridized carbons (Fsp3) is 0.182. The maximum absolute atomic E-state index is 14.3. The number of carboxylic acid groups (broad SMARTS) is 1. The molecule has 4 rings (SSSR count). The number of rotatable bonds is 3. The monoisotopic (exact) mass is 467 g/mol. The SMILES string of the molecule is Cc1cc(C2=NOC(c3cc(Cl)cc(Cl)c3)(C(F)(F)F)C2)c2ccccc2c1C(=O)O. The van der Waals surface area contributed by atoms with Gasteiger partial charge in [-0.1, -0.05) is 52.6 Å². The summed E-state index contributed by atoms with van der Waals surface area (Å²) in [4.78, 5) is 16.8. The summed E-state index contributed by atoms with van der Waals surface area (Å²) in [5.74, 6) is -1.12. The number of carboxylic acids is 1. The topological polar surface area (TPSA) is 58.9 Å². The zero-order valence-corrected chi connectivity index (χ0v) is 17.4. The highest BCUT2D eigenvalue weighted by Gasteiger charge is 2.62. The normalized spacial score (nSPS) is 18.7. The van der Waals surface area contributed by atoms with Gasteiger partial charge in [-0.05, 0) is 47.5 Å². The van der Waals surface area contributed by atoms with Crippen LogP contribution in [0.4, 0.5) is 13.2 Å². The number of aryl methyl sites for hydroxylation is 1. The van der Waals surface area contributed by atoms with E-state index in [-0.39, 0.29) is 26.9 Å². The van der Waals surface area contributed by atoms with Crippen LogP contribution in [0.2, 0.25) is 10.0 Å². The lowest BCUT2D eigenvalue weighted by atomic mass is 9.84. The summed E-state index contributed by atoms with van der Waals surface area (Å²) < 4.78 is 42.8. The smallest absolute Gasteiger partial charge is 0.435 e. The van der Waals surface area contributed by atoms with Crippen molar-refractivity contribution in [2.24, 2.45) is 5.16 Å². The van der Waals surface area contributed by atoms with E-state index in [9.17, 15) is 23.1 Å². The van der Waals surface area contributed by atoms with Crippen molar-refractivity contribution in [3.8, 4) is 0 Å². The highest BCUT2D eigenvalue weighted by Crippen LogP contribution is 2.50. The lowest BCUT2D eigenvalue weighted by molar-refractivity contribution is -0.275. The molecule has 3 aromatic carbocycles. The van der Waals surface area contributed by atoms with Crippen LogP contribution < -0.4 is 0 Å². The van der Waals surface area contributed by atoms with Crippen LogP contribution >= 0.6 is 23.2 Å². The van der Waals surface area contributed by atoms with Crippen molar-refractivity contribution in [2.45, 2.75) is 25.1 Å². The second-order valence-corrected chi connectivity index (χ2v) is 8.13. The lowest BCUT2D eigenvalue weighted by Crippen LogP contribution is -2.42. The fourth-order valence-corrected chi connectivity index (χ4v) is 4.40. The van der Waals surface area contributed by atoms with Crippen LogP contribution in [0.15, 0.2) is 53.7 Å². The average molecular weight is 468 g/mol. The van der Waals surface area contributed by atoms with E-state index in [4.69, 9.17) is 28.0 Å². The predicted molar refractivity (Wildman–Crippen MR) is 112 cm³/mol. The number of hydrogen-bond donors (Lipinski definition) is 1. The molecule has 0 radical (unpaired) electrons. The van der Waals surface area contributed by atoms with Crippen molar-refractivity contribution in [3.63, 3.8) is 0 Å². The van der Waals surface area contributed by atoms with Crippen molar-refractivity contribution in [2.75, 3.05) is 0 Å². The highest BCUT2D eigenvalue weighted by atomic mass is 35.5. The van der Waals surface area contributed by atoms with Gasteiger partial charge in [-0.2, -0.15) is 13.2 Å². The third-order valence-electron chi connectivity index (χ3n) is 5.28. The lowest BCUT2D eigenvalue weighted by Gasteiger charge is -2.29. The second kappa shape index (κ2) is 7.43. The molecule has 160 valence electrons. The number of alkyl halides is 3. The first kappa shape index (κ1) is 21.5. The molecule has 0 aliphatic carbocycles. The van der Waals surface area contributed by atoms with E-state index in [2.05, 4.69) is 5.16 Å². The van der Waals surface area contributed by atoms with Crippen molar-refractivity contribution in [1.29, 1.82) is 0 Å². The number of fused-ring (bicyclic) bond motifs is 1. The van der Waals surface area contributed by atoms with Gasteiger partial charge in [0.2, 0.25) is 0 Å². The van der Waals surface area contributed by atoms with Gasteiger partial charge in [0.15, 0.2) is 0 Å². The van der Waals surface area contributed by atoms with Crippen molar-refractivity contribution in [1.82, 2.24) is 0 Å². The van der Waals surface area contributed by atoms with Crippen molar-refractivity contribution >= 4 is 45.7 Å². The van der Waals surface area contributed by atoms with Gasteiger partial charge in [-0.25, -0.2) is 4.79 Å². The van der Waals surface area contributed by atoms with Gasteiger partial charge in [0.25, 0.3) is 5.60 Å². The molecule has 0 saturated heterocycles. The summed E-state index contributed by atoms with van der Waals surface area (Å²) in [5, 5.41) is 14.3. The maximum atomic E-state index is 14.3. The Morgan fingerprint density at radius 3 is 2.29 bits per heavy atom. The minimum Gasteiger partial charge on any atom is -0.478 e. The largest absolute Gasteiger partial charge is 0.478 e. The Kier molecular flexibility index (Phi) is 5.14. The number of carbonyl (C=O) groups is 1. The Morgan fingerprint density at radius 1 is 1.10 bits per heavy atom. The zero-order valence-electron chi connectivity index (χ0n) is 15.9. The van der Waals surface area contributed by atoms with Gasteiger partial charge in [0.05, 0.1) is 11.3 Å². The van der Waals surface area contributed by atoms with E-state index >= 15 is 0 Å². The average Bonchev–Trinajstić information content (AvgIpc) is 3.13. The molecule has 1 aliphatic heterocycles. The number of nitrogens with zero attached hydrogens (tertiary/aromatic N) is 1. The van der Waals surface area contributed by atoms with Crippen LogP contribution in [0, 0.1) is 6.92 Å². The summed E-state index contributed by atoms with van der Waals surface area (Å²) >= 11 is 11.9. The fourth-order valence-electron chi connectivity index (χ4n) is 3.87. The van der Waals surface area contributed by atoms with Crippen LogP contribution in [0.1, 0.15) is 33.5 Å². The van der Waals surface area contributed by atoms with Crippen LogP contribution in [-0.2, 0) is 10.4 Å². The van der Waals surface area contributed by atoms with E-state index in [1.54, 1.807) is 31.2 Å². The number of oxime groups is 1. The Morgan fingerprint density at radius 2 is 1.71 bits per heavy atom. The quantitative estimate of drug-likeness (QED) is 0.464. The van der Waals surface area contributed by atoms with E-state index < -0.39 is 24.2 Å². The molecule has 1 unspecified atom stereocenters. The van der Waals surface area contributed by atoms with Crippen molar-refractivity contribution < 1.29 is 27.9 Å².